The lowest BCUT2D eigenvalue weighted by Crippen LogP contribution is -2.37. The molecule has 130 valence electrons. The summed E-state index contributed by atoms with van der Waals surface area (Å²) in [4.78, 5) is 6.59. The molecule has 2 aromatic rings. The summed E-state index contributed by atoms with van der Waals surface area (Å²) in [6.45, 7) is 0.852. The fraction of sp³-hybridized carbons (Fsp3) is 0.316. The highest BCUT2D eigenvalue weighted by molar-refractivity contribution is 7.08. The van der Waals surface area contributed by atoms with Gasteiger partial charge in [0.05, 0.1) is 11.3 Å². The van der Waals surface area contributed by atoms with E-state index in [-0.39, 0.29) is 5.69 Å². The van der Waals surface area contributed by atoms with Crippen molar-refractivity contribution in [3.05, 3.63) is 58.3 Å². The van der Waals surface area contributed by atoms with Gasteiger partial charge in [0.15, 0.2) is 0 Å². The Bertz CT molecular complexity index is 821. The average molecular weight is 362 g/mol. The Morgan fingerprint density at radius 3 is 2.76 bits per heavy atom. The lowest BCUT2D eigenvalue weighted by Gasteiger charge is -2.32. The highest BCUT2D eigenvalue weighted by Gasteiger charge is 2.35. The van der Waals surface area contributed by atoms with Crippen LogP contribution >= 0.6 is 11.3 Å². The topological polar surface area (TPSA) is 15.6 Å². The number of aliphatic imine (C=N–C) groups is 1. The maximum absolute atomic E-state index is 13.3. The average Bonchev–Trinajstić information content (AvgIpc) is 3.26. The quantitative estimate of drug-likeness (QED) is 0.664. The minimum Gasteiger partial charge on any atom is -0.353 e. The van der Waals surface area contributed by atoms with E-state index in [0.717, 1.165) is 43.0 Å². The molecule has 4 rings (SSSR count). The number of alkyl halides is 3. The maximum Gasteiger partial charge on any atom is 0.418 e. The number of amidine groups is 1. The van der Waals surface area contributed by atoms with Gasteiger partial charge in [0.25, 0.3) is 0 Å². The number of para-hydroxylation sites is 1. The first kappa shape index (κ1) is 16.4. The van der Waals surface area contributed by atoms with Crippen molar-refractivity contribution in [2.24, 2.45) is 4.99 Å². The summed E-state index contributed by atoms with van der Waals surface area (Å²) in [5, 5.41) is 4.10. The van der Waals surface area contributed by atoms with Crippen molar-refractivity contribution in [3.63, 3.8) is 0 Å². The maximum atomic E-state index is 13.3. The van der Waals surface area contributed by atoms with Crippen LogP contribution in [-0.2, 0) is 6.18 Å². The molecule has 0 amide bonds. The molecular weight excluding hydrogens is 345 g/mol. The van der Waals surface area contributed by atoms with Crippen molar-refractivity contribution in [1.82, 2.24) is 4.90 Å². The van der Waals surface area contributed by atoms with Crippen LogP contribution in [0.5, 0.6) is 0 Å². The van der Waals surface area contributed by atoms with Crippen molar-refractivity contribution < 1.29 is 13.2 Å². The minimum absolute atomic E-state index is 0.0153. The summed E-state index contributed by atoms with van der Waals surface area (Å²) < 4.78 is 39.8. The molecule has 25 heavy (non-hydrogen) atoms. The third-order valence-corrected chi connectivity index (χ3v) is 5.45. The summed E-state index contributed by atoms with van der Waals surface area (Å²) in [5.41, 5.74) is 1.61. The fourth-order valence-corrected chi connectivity index (χ4v) is 4.26. The normalized spacial score (nSPS) is 22.2. The van der Waals surface area contributed by atoms with E-state index >= 15 is 0 Å². The predicted octanol–water partition coefficient (Wildman–Crippen LogP) is 5.75. The van der Waals surface area contributed by atoms with E-state index in [2.05, 4.69) is 21.3 Å². The highest BCUT2D eigenvalue weighted by Crippen LogP contribution is 2.38. The van der Waals surface area contributed by atoms with Gasteiger partial charge >= 0.3 is 6.18 Å². The first-order valence-corrected chi connectivity index (χ1v) is 9.21. The van der Waals surface area contributed by atoms with Crippen LogP contribution in [0.1, 0.15) is 30.4 Å². The summed E-state index contributed by atoms with van der Waals surface area (Å²) >= 11 is 1.63. The van der Waals surface area contributed by atoms with E-state index in [0.29, 0.717) is 11.9 Å². The Balaban J connectivity index is 1.79. The third-order valence-electron chi connectivity index (χ3n) is 4.77. The van der Waals surface area contributed by atoms with E-state index in [9.17, 15) is 13.2 Å². The molecule has 0 spiro atoms. The van der Waals surface area contributed by atoms with Crippen molar-refractivity contribution >= 4 is 28.4 Å². The van der Waals surface area contributed by atoms with Gasteiger partial charge in [-0.15, -0.1) is 0 Å². The number of benzene rings is 1. The summed E-state index contributed by atoms with van der Waals surface area (Å²) in [5.74, 6) is 0.645. The molecule has 1 fully saturated rings. The monoisotopic (exact) mass is 362 g/mol. The van der Waals surface area contributed by atoms with Crippen LogP contribution < -0.4 is 0 Å². The van der Waals surface area contributed by atoms with Crippen LogP contribution in [0.4, 0.5) is 18.9 Å². The van der Waals surface area contributed by atoms with Gasteiger partial charge in [0, 0.05) is 12.6 Å². The van der Waals surface area contributed by atoms with Crippen LogP contribution in [0.25, 0.3) is 5.57 Å². The molecule has 0 bridgehead atoms. The molecule has 0 radical (unpaired) electrons. The Morgan fingerprint density at radius 1 is 1.16 bits per heavy atom. The van der Waals surface area contributed by atoms with Crippen LogP contribution in [0.2, 0.25) is 0 Å². The zero-order chi connectivity index (χ0) is 17.4. The Hall–Kier alpha value is -2.08. The van der Waals surface area contributed by atoms with Crippen LogP contribution in [0.3, 0.4) is 0 Å². The summed E-state index contributed by atoms with van der Waals surface area (Å²) in [6.07, 6.45) is 0.587. The smallest absolute Gasteiger partial charge is 0.353 e. The summed E-state index contributed by atoms with van der Waals surface area (Å²) in [7, 11) is 0. The lowest BCUT2D eigenvalue weighted by molar-refractivity contribution is -0.137. The first-order valence-electron chi connectivity index (χ1n) is 8.27. The van der Waals surface area contributed by atoms with Crippen LogP contribution in [0.15, 0.2) is 52.2 Å². The zero-order valence-corrected chi connectivity index (χ0v) is 14.3. The molecule has 0 saturated carbocycles. The van der Waals surface area contributed by atoms with Gasteiger partial charge in [-0.3, -0.25) is 0 Å². The molecular formula is C19H17F3N2S. The molecule has 1 aromatic carbocycles. The van der Waals surface area contributed by atoms with E-state index in [1.165, 1.54) is 12.1 Å². The van der Waals surface area contributed by atoms with Gasteiger partial charge < -0.3 is 4.90 Å². The van der Waals surface area contributed by atoms with E-state index in [4.69, 9.17) is 0 Å². The zero-order valence-electron chi connectivity index (χ0n) is 13.5. The Labute approximate surface area is 148 Å². The largest absolute Gasteiger partial charge is 0.418 e. The molecule has 3 heterocycles. The van der Waals surface area contributed by atoms with Gasteiger partial charge in [0.2, 0.25) is 0 Å². The highest BCUT2D eigenvalue weighted by atomic mass is 32.1. The van der Waals surface area contributed by atoms with Crippen molar-refractivity contribution in [3.8, 4) is 0 Å². The lowest BCUT2D eigenvalue weighted by atomic mass is 9.95. The van der Waals surface area contributed by atoms with Crippen molar-refractivity contribution in [1.29, 1.82) is 0 Å². The van der Waals surface area contributed by atoms with Gasteiger partial charge in [0.1, 0.15) is 5.84 Å². The molecule has 2 nitrogen and oxygen atoms in total. The Kier molecular flexibility index (Phi) is 4.15. The first-order chi connectivity index (χ1) is 12.0. The molecule has 2 aliphatic rings. The molecule has 1 atom stereocenters. The van der Waals surface area contributed by atoms with Gasteiger partial charge in [-0.25, -0.2) is 4.99 Å². The molecule has 1 aromatic heterocycles. The standard InChI is InChI=1S/C19H17F3N2S/c20-19(21,22)16-5-1-2-6-17(16)23-18-11-14(13-7-9-25-12-13)10-15-4-3-8-24(15)18/h1-2,5-7,9,11-12,15H,3-4,8,10H2/t15-/m0/s1. The predicted molar refractivity (Wildman–Crippen MR) is 95.2 cm³/mol. The number of rotatable bonds is 2. The van der Waals surface area contributed by atoms with Crippen molar-refractivity contribution in [2.75, 3.05) is 6.54 Å². The number of halogens is 3. The van der Waals surface area contributed by atoms with Gasteiger partial charge in [-0.05, 0) is 65.4 Å². The van der Waals surface area contributed by atoms with Crippen LogP contribution in [0, 0.1) is 0 Å². The van der Waals surface area contributed by atoms with Gasteiger partial charge in [-0.2, -0.15) is 24.5 Å². The molecule has 0 unspecified atom stereocenters. The summed E-state index contributed by atoms with van der Waals surface area (Å²) in [6, 6.07) is 7.92. The molecule has 2 aliphatic heterocycles. The van der Waals surface area contributed by atoms with Crippen molar-refractivity contribution in [2.45, 2.75) is 31.5 Å². The van der Waals surface area contributed by atoms with E-state index < -0.39 is 11.7 Å². The SMILES string of the molecule is FC(F)(F)c1ccccc1N=C1C=C(c2ccsc2)C[C@@H]2CCCN12. The second-order valence-electron chi connectivity index (χ2n) is 6.36. The number of nitrogens with zero attached hydrogens (tertiary/aromatic N) is 2. The molecule has 6 heteroatoms. The number of hydrogen-bond acceptors (Lipinski definition) is 2. The number of hydrogen-bond donors (Lipinski definition) is 0. The number of fused-ring (bicyclic) bond motifs is 1. The van der Waals surface area contributed by atoms with E-state index in [1.54, 1.807) is 17.4 Å². The molecule has 0 aliphatic carbocycles. The van der Waals surface area contributed by atoms with Crippen LogP contribution in [-0.4, -0.2) is 23.3 Å². The minimum atomic E-state index is -4.40. The van der Waals surface area contributed by atoms with Gasteiger partial charge in [-0.1, -0.05) is 12.1 Å². The fourth-order valence-electron chi connectivity index (χ4n) is 3.58. The van der Waals surface area contributed by atoms with E-state index in [1.807, 2.05) is 11.5 Å². The second kappa shape index (κ2) is 6.33. The number of thiophene rings is 1. The third kappa shape index (κ3) is 3.23. The Morgan fingerprint density at radius 2 is 2.00 bits per heavy atom. The second-order valence-corrected chi connectivity index (χ2v) is 7.14. The molecule has 1 saturated heterocycles. The molecule has 0 N–H and O–H groups in total.